The monoisotopic (exact) mass is 275 g/mol. The van der Waals surface area contributed by atoms with Gasteiger partial charge in [-0.15, -0.1) is 0 Å². The van der Waals surface area contributed by atoms with Gasteiger partial charge in [-0.2, -0.15) is 0 Å². The molecule has 0 aliphatic heterocycles. The number of hydrogen-bond acceptors (Lipinski definition) is 4. The predicted octanol–water partition coefficient (Wildman–Crippen LogP) is 3.37. The van der Waals surface area contributed by atoms with Crippen molar-refractivity contribution < 1.29 is 13.9 Å². The van der Waals surface area contributed by atoms with Crippen molar-refractivity contribution in [3.8, 4) is 11.5 Å². The van der Waals surface area contributed by atoms with E-state index >= 15 is 0 Å². The lowest BCUT2D eigenvalue weighted by Crippen LogP contribution is -2.12. The summed E-state index contributed by atoms with van der Waals surface area (Å²) in [5, 5.41) is 3.36. The molecule has 0 atom stereocenters. The Kier molecular flexibility index (Phi) is 5.07. The molecular weight excluding hydrogens is 254 g/mol. The number of nitrogens with one attached hydrogen (secondary N) is 1. The second kappa shape index (κ2) is 7.01. The van der Waals surface area contributed by atoms with Crippen LogP contribution in [0.3, 0.4) is 0 Å². The van der Waals surface area contributed by atoms with Gasteiger partial charge in [-0.1, -0.05) is 6.07 Å². The Balaban J connectivity index is 1.94. The van der Waals surface area contributed by atoms with Gasteiger partial charge in [-0.05, 0) is 37.6 Å². The molecule has 0 radical (unpaired) electrons. The molecular formula is C16H21NO3. The first-order valence-electron chi connectivity index (χ1n) is 6.74. The summed E-state index contributed by atoms with van der Waals surface area (Å²) in [4.78, 5) is 0. The van der Waals surface area contributed by atoms with Gasteiger partial charge in [0.05, 0.1) is 25.7 Å². The van der Waals surface area contributed by atoms with E-state index in [-0.39, 0.29) is 6.10 Å². The molecule has 0 amide bonds. The predicted molar refractivity (Wildman–Crippen MR) is 78.0 cm³/mol. The Hall–Kier alpha value is -1.94. The number of benzene rings is 1. The van der Waals surface area contributed by atoms with Gasteiger partial charge in [0.15, 0.2) is 11.5 Å². The highest BCUT2D eigenvalue weighted by molar-refractivity contribution is 5.43. The van der Waals surface area contributed by atoms with Crippen LogP contribution in [0.25, 0.3) is 0 Å². The summed E-state index contributed by atoms with van der Waals surface area (Å²) < 4.78 is 16.1. The van der Waals surface area contributed by atoms with Gasteiger partial charge >= 0.3 is 0 Å². The van der Waals surface area contributed by atoms with Crippen LogP contribution in [-0.4, -0.2) is 13.2 Å². The van der Waals surface area contributed by atoms with Gasteiger partial charge in [0.25, 0.3) is 0 Å². The van der Waals surface area contributed by atoms with E-state index in [1.807, 2.05) is 38.1 Å². The van der Waals surface area contributed by atoms with Crippen LogP contribution in [-0.2, 0) is 13.1 Å². The van der Waals surface area contributed by atoms with Gasteiger partial charge < -0.3 is 19.2 Å². The molecule has 0 aliphatic carbocycles. The minimum absolute atomic E-state index is 0.133. The zero-order chi connectivity index (χ0) is 14.4. The SMILES string of the molecule is COc1cc(CNCc2ccoc2)ccc1OC(C)C. The second-order valence-electron chi connectivity index (χ2n) is 4.89. The quantitative estimate of drug-likeness (QED) is 0.841. The average Bonchev–Trinajstić information content (AvgIpc) is 2.93. The maximum atomic E-state index is 5.70. The Morgan fingerprint density at radius 1 is 1.10 bits per heavy atom. The zero-order valence-corrected chi connectivity index (χ0v) is 12.2. The van der Waals surface area contributed by atoms with Crippen LogP contribution in [0.15, 0.2) is 41.2 Å². The summed E-state index contributed by atoms with van der Waals surface area (Å²) in [7, 11) is 1.66. The highest BCUT2D eigenvalue weighted by Gasteiger charge is 2.07. The summed E-state index contributed by atoms with van der Waals surface area (Å²) in [5.41, 5.74) is 2.29. The fourth-order valence-electron chi connectivity index (χ4n) is 1.92. The van der Waals surface area contributed by atoms with Crippen LogP contribution in [0, 0.1) is 0 Å². The van der Waals surface area contributed by atoms with Crippen LogP contribution in [0.1, 0.15) is 25.0 Å². The van der Waals surface area contributed by atoms with Gasteiger partial charge in [-0.25, -0.2) is 0 Å². The first kappa shape index (κ1) is 14.5. The maximum Gasteiger partial charge on any atom is 0.161 e. The Morgan fingerprint density at radius 3 is 2.55 bits per heavy atom. The third kappa shape index (κ3) is 4.03. The maximum absolute atomic E-state index is 5.70. The third-order valence-corrected chi connectivity index (χ3v) is 2.83. The lowest BCUT2D eigenvalue weighted by molar-refractivity contribution is 0.230. The van der Waals surface area contributed by atoms with Crippen LogP contribution in [0.5, 0.6) is 11.5 Å². The molecule has 20 heavy (non-hydrogen) atoms. The molecule has 0 unspecified atom stereocenters. The average molecular weight is 275 g/mol. The minimum atomic E-state index is 0.133. The van der Waals surface area contributed by atoms with Crippen LogP contribution in [0.4, 0.5) is 0 Å². The molecule has 4 heteroatoms. The Bertz CT molecular complexity index is 521. The largest absolute Gasteiger partial charge is 0.493 e. The van der Waals surface area contributed by atoms with Crippen molar-refractivity contribution in [1.82, 2.24) is 5.32 Å². The molecule has 1 aromatic carbocycles. The third-order valence-electron chi connectivity index (χ3n) is 2.83. The van der Waals surface area contributed by atoms with Crippen LogP contribution in [0.2, 0.25) is 0 Å². The van der Waals surface area contributed by atoms with E-state index in [2.05, 4.69) is 5.32 Å². The topological polar surface area (TPSA) is 43.6 Å². The number of methoxy groups -OCH3 is 1. The molecule has 0 spiro atoms. The molecule has 4 nitrogen and oxygen atoms in total. The van der Waals surface area contributed by atoms with Crippen LogP contribution >= 0.6 is 0 Å². The molecule has 0 saturated carbocycles. The molecule has 2 rings (SSSR count). The molecule has 0 bridgehead atoms. The Labute approximate surface area is 119 Å². The standard InChI is InChI=1S/C16H21NO3/c1-12(2)20-15-5-4-13(8-16(15)18-3)9-17-10-14-6-7-19-11-14/h4-8,11-12,17H,9-10H2,1-3H3. The van der Waals surface area contributed by atoms with E-state index in [9.17, 15) is 0 Å². The van der Waals surface area contributed by atoms with Crippen molar-refractivity contribution in [3.63, 3.8) is 0 Å². The van der Waals surface area contributed by atoms with Crippen molar-refractivity contribution in [1.29, 1.82) is 0 Å². The van der Waals surface area contributed by atoms with E-state index in [0.717, 1.165) is 35.7 Å². The summed E-state index contributed by atoms with van der Waals surface area (Å²) in [6.45, 7) is 5.55. The summed E-state index contributed by atoms with van der Waals surface area (Å²) >= 11 is 0. The smallest absolute Gasteiger partial charge is 0.161 e. The molecule has 2 aromatic rings. The van der Waals surface area contributed by atoms with Gasteiger partial charge in [0.1, 0.15) is 0 Å². The zero-order valence-electron chi connectivity index (χ0n) is 12.2. The van der Waals surface area contributed by atoms with Crippen molar-refractivity contribution >= 4 is 0 Å². The molecule has 108 valence electrons. The fraction of sp³-hybridized carbons (Fsp3) is 0.375. The molecule has 1 heterocycles. The highest BCUT2D eigenvalue weighted by atomic mass is 16.5. The lowest BCUT2D eigenvalue weighted by atomic mass is 10.2. The summed E-state index contributed by atoms with van der Waals surface area (Å²) in [6.07, 6.45) is 3.56. The van der Waals surface area contributed by atoms with Crippen molar-refractivity contribution in [2.24, 2.45) is 0 Å². The molecule has 1 N–H and O–H groups in total. The first-order valence-corrected chi connectivity index (χ1v) is 6.74. The van der Waals surface area contributed by atoms with E-state index in [0.29, 0.717) is 0 Å². The second-order valence-corrected chi connectivity index (χ2v) is 4.89. The van der Waals surface area contributed by atoms with E-state index in [1.165, 1.54) is 0 Å². The van der Waals surface area contributed by atoms with Crippen molar-refractivity contribution in [2.75, 3.05) is 7.11 Å². The van der Waals surface area contributed by atoms with E-state index in [1.54, 1.807) is 19.6 Å². The highest BCUT2D eigenvalue weighted by Crippen LogP contribution is 2.28. The van der Waals surface area contributed by atoms with Crippen LogP contribution < -0.4 is 14.8 Å². The van der Waals surface area contributed by atoms with E-state index in [4.69, 9.17) is 13.9 Å². The van der Waals surface area contributed by atoms with Crippen molar-refractivity contribution in [2.45, 2.75) is 33.0 Å². The van der Waals surface area contributed by atoms with Crippen molar-refractivity contribution in [3.05, 3.63) is 47.9 Å². The number of furan rings is 1. The Morgan fingerprint density at radius 2 is 1.90 bits per heavy atom. The lowest BCUT2D eigenvalue weighted by Gasteiger charge is -2.14. The summed E-state index contributed by atoms with van der Waals surface area (Å²) in [6, 6.07) is 7.95. The number of hydrogen-bond donors (Lipinski definition) is 1. The molecule has 1 aromatic heterocycles. The molecule has 0 aliphatic rings. The van der Waals surface area contributed by atoms with Gasteiger partial charge in [-0.3, -0.25) is 0 Å². The molecule has 0 saturated heterocycles. The van der Waals surface area contributed by atoms with Gasteiger partial charge in [0.2, 0.25) is 0 Å². The normalized spacial score (nSPS) is 10.8. The summed E-state index contributed by atoms with van der Waals surface area (Å²) in [5.74, 6) is 1.54. The first-order chi connectivity index (χ1) is 9.69. The number of ether oxygens (including phenoxy) is 2. The fourth-order valence-corrected chi connectivity index (χ4v) is 1.92. The van der Waals surface area contributed by atoms with E-state index < -0.39 is 0 Å². The number of rotatable bonds is 7. The van der Waals surface area contributed by atoms with Gasteiger partial charge in [0, 0.05) is 18.7 Å². The minimum Gasteiger partial charge on any atom is -0.493 e. The molecule has 0 fully saturated rings.